The largest absolute Gasteiger partial charge is 0.355 e. The standard InChI is InChI=1S/C21H30N4O2/c1-25(16-8-3-2-4-9-16)15-14-22-20(26)13-7-12-19-23-18-11-6-5-10-17(18)21(27)24-19/h5-6,10-11,16H,2-4,7-9,12-15H2,1H3,(H,22,26)(H,23,24,27). The molecular weight excluding hydrogens is 340 g/mol. The van der Waals surface area contributed by atoms with Crippen LogP contribution >= 0.6 is 0 Å². The van der Waals surface area contributed by atoms with Crippen LogP contribution in [0.4, 0.5) is 0 Å². The molecule has 1 heterocycles. The average Bonchev–Trinajstić information content (AvgIpc) is 2.68. The lowest BCUT2D eigenvalue weighted by atomic mass is 9.94. The summed E-state index contributed by atoms with van der Waals surface area (Å²) in [4.78, 5) is 33.8. The molecule has 6 heteroatoms. The monoisotopic (exact) mass is 370 g/mol. The zero-order chi connectivity index (χ0) is 19.1. The molecule has 1 aromatic heterocycles. The highest BCUT2D eigenvalue weighted by Crippen LogP contribution is 2.21. The molecule has 0 aliphatic heterocycles. The SMILES string of the molecule is CN(CCNC(=O)CCCc1nc2ccccc2c(=O)[nH]1)C1CCCCC1. The van der Waals surface area contributed by atoms with Gasteiger partial charge in [0.2, 0.25) is 5.91 Å². The predicted octanol–water partition coefficient (Wildman–Crippen LogP) is 2.63. The number of nitrogens with one attached hydrogen (secondary N) is 2. The molecule has 0 atom stereocenters. The van der Waals surface area contributed by atoms with Crippen LogP contribution in [-0.4, -0.2) is 47.0 Å². The maximum atomic E-state index is 12.1. The van der Waals surface area contributed by atoms with Crippen molar-refractivity contribution < 1.29 is 4.79 Å². The van der Waals surface area contributed by atoms with Crippen molar-refractivity contribution in [1.82, 2.24) is 20.2 Å². The highest BCUT2D eigenvalue weighted by Gasteiger charge is 2.17. The number of fused-ring (bicyclic) bond motifs is 1. The number of likely N-dealkylation sites (N-methyl/N-ethyl adjacent to an activating group) is 1. The van der Waals surface area contributed by atoms with Crippen molar-refractivity contribution in [2.45, 2.75) is 57.4 Å². The molecule has 0 unspecified atom stereocenters. The van der Waals surface area contributed by atoms with Gasteiger partial charge in [0.1, 0.15) is 5.82 Å². The third-order valence-electron chi connectivity index (χ3n) is 5.46. The lowest BCUT2D eigenvalue weighted by molar-refractivity contribution is -0.121. The van der Waals surface area contributed by atoms with Gasteiger partial charge in [0.05, 0.1) is 10.9 Å². The molecule has 146 valence electrons. The number of carbonyl (C=O) groups is 1. The number of aromatic amines is 1. The van der Waals surface area contributed by atoms with Crippen molar-refractivity contribution >= 4 is 16.8 Å². The first-order chi connectivity index (χ1) is 13.1. The van der Waals surface area contributed by atoms with Gasteiger partial charge in [-0.2, -0.15) is 0 Å². The summed E-state index contributed by atoms with van der Waals surface area (Å²) in [5, 5.41) is 3.61. The normalized spacial score (nSPS) is 15.3. The molecule has 0 radical (unpaired) electrons. The van der Waals surface area contributed by atoms with E-state index in [-0.39, 0.29) is 11.5 Å². The van der Waals surface area contributed by atoms with Crippen molar-refractivity contribution in [2.24, 2.45) is 0 Å². The molecule has 0 bridgehead atoms. The summed E-state index contributed by atoms with van der Waals surface area (Å²) in [6.07, 6.45) is 8.28. The van der Waals surface area contributed by atoms with Gasteiger partial charge < -0.3 is 15.2 Å². The summed E-state index contributed by atoms with van der Waals surface area (Å²) < 4.78 is 0. The third-order valence-corrected chi connectivity index (χ3v) is 5.46. The molecule has 27 heavy (non-hydrogen) atoms. The van der Waals surface area contributed by atoms with Crippen LogP contribution in [0, 0.1) is 0 Å². The van der Waals surface area contributed by atoms with Crippen molar-refractivity contribution in [3.63, 3.8) is 0 Å². The summed E-state index contributed by atoms with van der Waals surface area (Å²) in [6, 6.07) is 7.98. The second-order valence-electron chi connectivity index (χ2n) is 7.51. The molecule has 6 nitrogen and oxygen atoms in total. The van der Waals surface area contributed by atoms with Gasteiger partial charge in [0.25, 0.3) is 5.56 Å². The van der Waals surface area contributed by atoms with Gasteiger partial charge in [-0.15, -0.1) is 0 Å². The van der Waals surface area contributed by atoms with Crippen molar-refractivity contribution in [3.8, 4) is 0 Å². The van der Waals surface area contributed by atoms with E-state index in [2.05, 4.69) is 27.2 Å². The lowest BCUT2D eigenvalue weighted by Crippen LogP contribution is -2.39. The number of nitrogens with zero attached hydrogens (tertiary/aromatic N) is 2. The zero-order valence-electron chi connectivity index (χ0n) is 16.2. The van der Waals surface area contributed by atoms with Gasteiger partial charge in [-0.3, -0.25) is 9.59 Å². The first-order valence-corrected chi connectivity index (χ1v) is 10.1. The highest BCUT2D eigenvalue weighted by atomic mass is 16.1. The number of amides is 1. The molecule has 3 rings (SSSR count). The van der Waals surface area contributed by atoms with Crippen LogP contribution in [0.1, 0.15) is 50.8 Å². The number of aryl methyl sites for hydroxylation is 1. The van der Waals surface area contributed by atoms with Crippen LogP contribution in [0.3, 0.4) is 0 Å². The van der Waals surface area contributed by atoms with Crippen LogP contribution in [0.2, 0.25) is 0 Å². The minimum Gasteiger partial charge on any atom is -0.355 e. The smallest absolute Gasteiger partial charge is 0.258 e. The fourth-order valence-electron chi connectivity index (χ4n) is 3.83. The van der Waals surface area contributed by atoms with Gasteiger partial charge in [0, 0.05) is 32.0 Å². The van der Waals surface area contributed by atoms with E-state index in [4.69, 9.17) is 0 Å². The van der Waals surface area contributed by atoms with Crippen LogP contribution < -0.4 is 10.9 Å². The van der Waals surface area contributed by atoms with E-state index in [0.717, 1.165) is 6.54 Å². The first kappa shape index (κ1) is 19.5. The van der Waals surface area contributed by atoms with Crippen LogP contribution in [0.5, 0.6) is 0 Å². The summed E-state index contributed by atoms with van der Waals surface area (Å²) in [7, 11) is 2.16. The second-order valence-corrected chi connectivity index (χ2v) is 7.51. The molecule has 0 spiro atoms. The van der Waals surface area contributed by atoms with E-state index in [1.165, 1.54) is 32.1 Å². The molecular formula is C21H30N4O2. The molecule has 1 aliphatic carbocycles. The van der Waals surface area contributed by atoms with Crippen LogP contribution in [0.25, 0.3) is 10.9 Å². The van der Waals surface area contributed by atoms with E-state index in [1.807, 2.05) is 18.2 Å². The molecule has 0 saturated heterocycles. The predicted molar refractivity (Wildman–Crippen MR) is 108 cm³/mol. The van der Waals surface area contributed by atoms with Gasteiger partial charge in [-0.25, -0.2) is 4.98 Å². The summed E-state index contributed by atoms with van der Waals surface area (Å²) in [5.41, 5.74) is 0.581. The number of H-pyrrole nitrogens is 1. The van der Waals surface area contributed by atoms with Crippen LogP contribution in [-0.2, 0) is 11.2 Å². The van der Waals surface area contributed by atoms with E-state index >= 15 is 0 Å². The lowest BCUT2D eigenvalue weighted by Gasteiger charge is -2.31. The Kier molecular flexibility index (Phi) is 6.98. The van der Waals surface area contributed by atoms with Gasteiger partial charge >= 0.3 is 0 Å². The minimum atomic E-state index is -0.120. The summed E-state index contributed by atoms with van der Waals surface area (Å²) in [5.74, 6) is 0.707. The Morgan fingerprint density at radius 3 is 2.85 bits per heavy atom. The summed E-state index contributed by atoms with van der Waals surface area (Å²) >= 11 is 0. The molecule has 1 saturated carbocycles. The number of rotatable bonds is 8. The Morgan fingerprint density at radius 2 is 2.04 bits per heavy atom. The molecule has 1 aromatic carbocycles. The minimum absolute atomic E-state index is 0.0650. The molecule has 1 fully saturated rings. The second kappa shape index (κ2) is 9.65. The van der Waals surface area contributed by atoms with E-state index in [1.54, 1.807) is 6.07 Å². The average molecular weight is 370 g/mol. The fraction of sp³-hybridized carbons (Fsp3) is 0.571. The number of para-hydroxylation sites is 1. The third kappa shape index (κ3) is 5.63. The Bertz CT molecular complexity index is 811. The zero-order valence-corrected chi connectivity index (χ0v) is 16.2. The molecule has 2 N–H and O–H groups in total. The van der Waals surface area contributed by atoms with Gasteiger partial charge in [-0.05, 0) is 38.4 Å². The highest BCUT2D eigenvalue weighted by molar-refractivity contribution is 5.77. The Hall–Kier alpha value is -2.21. The first-order valence-electron chi connectivity index (χ1n) is 10.1. The quantitative estimate of drug-likeness (QED) is 0.749. The number of aromatic nitrogens is 2. The Labute approximate surface area is 160 Å². The Balaban J connectivity index is 1.37. The van der Waals surface area contributed by atoms with Crippen molar-refractivity contribution in [2.75, 3.05) is 20.1 Å². The number of benzene rings is 1. The van der Waals surface area contributed by atoms with Crippen LogP contribution in [0.15, 0.2) is 29.1 Å². The van der Waals surface area contributed by atoms with E-state index in [0.29, 0.717) is 48.6 Å². The Morgan fingerprint density at radius 1 is 1.26 bits per heavy atom. The molecule has 1 amide bonds. The number of hydrogen-bond acceptors (Lipinski definition) is 4. The maximum Gasteiger partial charge on any atom is 0.258 e. The maximum absolute atomic E-state index is 12.1. The number of hydrogen-bond donors (Lipinski definition) is 2. The van der Waals surface area contributed by atoms with E-state index in [9.17, 15) is 9.59 Å². The summed E-state index contributed by atoms with van der Waals surface area (Å²) in [6.45, 7) is 1.59. The van der Waals surface area contributed by atoms with E-state index < -0.39 is 0 Å². The van der Waals surface area contributed by atoms with Crippen molar-refractivity contribution in [3.05, 3.63) is 40.4 Å². The molecule has 2 aromatic rings. The van der Waals surface area contributed by atoms with Gasteiger partial charge in [0.15, 0.2) is 0 Å². The molecule has 1 aliphatic rings. The fourth-order valence-corrected chi connectivity index (χ4v) is 3.83. The van der Waals surface area contributed by atoms with Gasteiger partial charge in [-0.1, -0.05) is 31.4 Å². The topological polar surface area (TPSA) is 78.1 Å². The van der Waals surface area contributed by atoms with Crippen molar-refractivity contribution in [1.29, 1.82) is 0 Å². The number of carbonyl (C=O) groups excluding carboxylic acids is 1.